The quantitative estimate of drug-likeness (QED) is 0.0493. The van der Waals surface area contributed by atoms with Crippen LogP contribution >= 0.6 is 12.6 Å². The van der Waals surface area contributed by atoms with Gasteiger partial charge in [0.1, 0.15) is 24.2 Å². The zero-order valence-electron chi connectivity index (χ0n) is 19.3. The van der Waals surface area contributed by atoms with Crippen LogP contribution < -0.4 is 40.1 Å². The number of carboxylic acids is 4. The van der Waals surface area contributed by atoms with Crippen LogP contribution in [0, 0.1) is 0 Å². The maximum atomic E-state index is 10.2. The van der Waals surface area contributed by atoms with Gasteiger partial charge in [0, 0.05) is 18.7 Å². The lowest BCUT2D eigenvalue weighted by Gasteiger charge is -2.03. The molecule has 0 bridgehead atoms. The van der Waals surface area contributed by atoms with E-state index in [1.54, 1.807) is 0 Å². The monoisotopic (exact) mass is 530 g/mol. The SMILES string of the molecule is C[C@H](N)C(=O)O.NC(=O)CC[C@H](N)C(=O)O.NC(N)=NCCC[C@H](N)C(=O)O.N[C@@H](CS)C(=O)O. The zero-order valence-corrected chi connectivity index (χ0v) is 20.2. The first-order valence-corrected chi connectivity index (χ1v) is 10.4. The molecule has 0 aromatic carbocycles. The lowest BCUT2D eigenvalue weighted by atomic mass is 10.2. The molecule has 0 radical (unpaired) electrons. The number of thiol groups is 1. The number of carbonyl (C=O) groups excluding carboxylic acids is 1. The third-order valence-electron chi connectivity index (χ3n) is 3.21. The molecule has 17 nitrogen and oxygen atoms in total. The Morgan fingerprint density at radius 3 is 1.34 bits per heavy atom. The van der Waals surface area contributed by atoms with Crippen LogP contribution in [0.3, 0.4) is 0 Å². The third kappa shape index (κ3) is 35.6. The predicted octanol–water partition coefficient (Wildman–Crippen LogP) is -4.14. The molecule has 0 aromatic heterocycles. The van der Waals surface area contributed by atoms with Crippen molar-refractivity contribution in [3.05, 3.63) is 0 Å². The number of aliphatic imine (C=N–C) groups is 1. The number of carbonyl (C=O) groups is 5. The van der Waals surface area contributed by atoms with Crippen molar-refractivity contribution >= 4 is 48.4 Å². The normalized spacial score (nSPS) is 12.7. The Hall–Kier alpha value is -3.19. The summed E-state index contributed by atoms with van der Waals surface area (Å²) in [5.74, 6) is -4.41. The average Bonchev–Trinajstić information content (AvgIpc) is 2.74. The van der Waals surface area contributed by atoms with E-state index in [0.717, 1.165) is 0 Å². The van der Waals surface area contributed by atoms with Gasteiger partial charge in [-0.3, -0.25) is 29.0 Å². The molecule has 206 valence electrons. The van der Waals surface area contributed by atoms with Crippen LogP contribution in [-0.2, 0) is 24.0 Å². The number of aliphatic carboxylic acids is 4. The Balaban J connectivity index is -0.000000190. The lowest BCUT2D eigenvalue weighted by Crippen LogP contribution is -2.31. The third-order valence-corrected chi connectivity index (χ3v) is 3.60. The Morgan fingerprint density at radius 1 is 0.743 bits per heavy atom. The van der Waals surface area contributed by atoms with Gasteiger partial charge in [-0.05, 0) is 26.2 Å². The van der Waals surface area contributed by atoms with E-state index in [9.17, 15) is 24.0 Å². The topological polar surface area (TPSA) is 361 Å². The van der Waals surface area contributed by atoms with Gasteiger partial charge in [-0.15, -0.1) is 0 Å². The number of primary amides is 1. The molecule has 0 saturated carbocycles. The van der Waals surface area contributed by atoms with Gasteiger partial charge in [-0.25, -0.2) is 0 Å². The minimum Gasteiger partial charge on any atom is -0.480 e. The largest absolute Gasteiger partial charge is 0.480 e. The van der Waals surface area contributed by atoms with Gasteiger partial charge in [0.2, 0.25) is 5.91 Å². The standard InChI is InChI=1S/C6H14N4O2.C5H10N2O3.C3H7NO2S.C3H7NO2/c7-4(5(11)12)2-1-3-10-6(8)9;6-3(5(9)10)1-2-4(7)8;4-2(1-7)3(5)6;1-2(4)3(5)6/h4H,1-3,7H2,(H,11,12)(H4,8,9,10);3H,1-2,6H2,(H2,7,8)(H,9,10);2,7H,1,4H2,(H,5,6);2H,4H2,1H3,(H,5,6)/t4-;3-;2*2-/m0000/s1. The first-order valence-electron chi connectivity index (χ1n) is 9.78. The second-order valence-corrected chi connectivity index (χ2v) is 6.96. The van der Waals surface area contributed by atoms with E-state index >= 15 is 0 Å². The molecule has 0 spiro atoms. The van der Waals surface area contributed by atoms with E-state index in [0.29, 0.717) is 19.4 Å². The van der Waals surface area contributed by atoms with Crippen LogP contribution in [0.2, 0.25) is 0 Å². The second kappa shape index (κ2) is 24.0. The average molecular weight is 531 g/mol. The molecular weight excluding hydrogens is 492 g/mol. The molecule has 18 N–H and O–H groups in total. The van der Waals surface area contributed by atoms with E-state index < -0.39 is 54.0 Å². The molecule has 0 aliphatic carbocycles. The summed E-state index contributed by atoms with van der Waals surface area (Å²) in [7, 11) is 0. The van der Waals surface area contributed by atoms with Crippen LogP contribution in [0.25, 0.3) is 0 Å². The Labute approximate surface area is 207 Å². The number of hydrogen-bond acceptors (Lipinski definition) is 11. The molecule has 0 saturated heterocycles. The highest BCUT2D eigenvalue weighted by atomic mass is 32.1. The Morgan fingerprint density at radius 2 is 1.11 bits per heavy atom. The van der Waals surface area contributed by atoms with Gasteiger partial charge in [-0.1, -0.05) is 0 Å². The molecule has 0 aliphatic heterocycles. The van der Waals surface area contributed by atoms with Gasteiger partial charge in [0.15, 0.2) is 5.96 Å². The molecule has 35 heavy (non-hydrogen) atoms. The van der Waals surface area contributed by atoms with Crippen LogP contribution in [0.5, 0.6) is 0 Å². The van der Waals surface area contributed by atoms with Crippen molar-refractivity contribution in [2.45, 2.75) is 56.8 Å². The van der Waals surface area contributed by atoms with Gasteiger partial charge in [-0.2, -0.15) is 12.6 Å². The van der Waals surface area contributed by atoms with Crippen LogP contribution in [0.4, 0.5) is 0 Å². The number of hydrogen-bond donors (Lipinski definition) is 12. The van der Waals surface area contributed by atoms with Crippen molar-refractivity contribution in [1.29, 1.82) is 0 Å². The maximum absolute atomic E-state index is 10.2. The highest BCUT2D eigenvalue weighted by Crippen LogP contribution is 1.94. The number of carboxylic acid groups (broad SMARTS) is 4. The molecule has 0 rings (SSSR count). The number of nitrogens with zero attached hydrogens (tertiary/aromatic N) is 1. The number of rotatable bonds is 12. The molecule has 0 fully saturated rings. The molecule has 4 atom stereocenters. The van der Waals surface area contributed by atoms with Crippen LogP contribution in [0.1, 0.15) is 32.6 Å². The van der Waals surface area contributed by atoms with E-state index in [1.807, 2.05) is 0 Å². The highest BCUT2D eigenvalue weighted by molar-refractivity contribution is 7.80. The number of amides is 1. The summed E-state index contributed by atoms with van der Waals surface area (Å²) in [5, 5.41) is 32.5. The fourth-order valence-corrected chi connectivity index (χ4v) is 1.30. The van der Waals surface area contributed by atoms with Gasteiger partial charge >= 0.3 is 23.9 Å². The summed E-state index contributed by atoms with van der Waals surface area (Å²) in [4.78, 5) is 53.4. The molecule has 0 unspecified atom stereocenters. The van der Waals surface area contributed by atoms with Crippen LogP contribution in [0.15, 0.2) is 4.99 Å². The molecule has 0 aliphatic rings. The molecule has 0 heterocycles. The Kier molecular flexibility index (Phi) is 26.7. The maximum Gasteiger partial charge on any atom is 0.321 e. The Bertz CT molecular complexity index is 676. The molecular formula is C17H38N8O9S. The van der Waals surface area contributed by atoms with E-state index in [4.69, 9.17) is 60.6 Å². The number of nitrogens with two attached hydrogens (primary N) is 7. The lowest BCUT2D eigenvalue weighted by molar-refractivity contribution is -0.139. The predicted molar refractivity (Wildman–Crippen MR) is 130 cm³/mol. The van der Waals surface area contributed by atoms with Gasteiger partial charge < -0.3 is 60.6 Å². The van der Waals surface area contributed by atoms with Crippen molar-refractivity contribution < 1.29 is 44.4 Å². The molecule has 0 aromatic rings. The van der Waals surface area contributed by atoms with Crippen molar-refractivity contribution in [2.75, 3.05) is 12.3 Å². The summed E-state index contributed by atoms with van der Waals surface area (Å²) in [6.07, 6.45) is 1.08. The summed E-state index contributed by atoms with van der Waals surface area (Å²) in [6, 6.07) is -3.35. The molecule has 18 heteroatoms. The van der Waals surface area contributed by atoms with E-state index in [1.165, 1.54) is 6.92 Å². The van der Waals surface area contributed by atoms with Crippen molar-refractivity contribution in [3.8, 4) is 0 Å². The first-order chi connectivity index (χ1) is 15.9. The summed E-state index contributed by atoms with van der Waals surface area (Å²) in [5.41, 5.74) is 34.9. The fraction of sp³-hybridized carbons (Fsp3) is 0.647. The smallest absolute Gasteiger partial charge is 0.321 e. The fourth-order valence-electron chi connectivity index (χ4n) is 1.14. The van der Waals surface area contributed by atoms with Crippen LogP contribution in [-0.4, -0.2) is 92.6 Å². The zero-order chi connectivity index (χ0) is 28.7. The second-order valence-electron chi connectivity index (χ2n) is 6.60. The van der Waals surface area contributed by atoms with E-state index in [-0.39, 0.29) is 24.6 Å². The first kappa shape index (κ1) is 39.0. The molecule has 1 amide bonds. The minimum atomic E-state index is -1.11. The summed E-state index contributed by atoms with van der Waals surface area (Å²) >= 11 is 3.65. The highest BCUT2D eigenvalue weighted by Gasteiger charge is 2.11. The van der Waals surface area contributed by atoms with Crippen molar-refractivity contribution in [1.82, 2.24) is 0 Å². The van der Waals surface area contributed by atoms with Crippen molar-refractivity contribution in [2.24, 2.45) is 45.1 Å². The van der Waals surface area contributed by atoms with E-state index in [2.05, 4.69) is 17.6 Å². The summed E-state index contributed by atoms with van der Waals surface area (Å²) in [6.45, 7) is 1.84. The summed E-state index contributed by atoms with van der Waals surface area (Å²) < 4.78 is 0. The van der Waals surface area contributed by atoms with Gasteiger partial charge in [0.25, 0.3) is 0 Å². The minimum absolute atomic E-state index is 0.0129. The van der Waals surface area contributed by atoms with Gasteiger partial charge in [0.05, 0.1) is 0 Å². The van der Waals surface area contributed by atoms with Crippen molar-refractivity contribution in [3.63, 3.8) is 0 Å². The number of guanidine groups is 1.